The third kappa shape index (κ3) is 3.71. The van der Waals surface area contributed by atoms with Crippen LogP contribution in [0.3, 0.4) is 0 Å². The first-order chi connectivity index (χ1) is 10.0. The number of benzene rings is 1. The summed E-state index contributed by atoms with van der Waals surface area (Å²) < 4.78 is 5.33. The number of ether oxygens (including phenoxy) is 1. The molecular formula is C15H23N3O3. The molecule has 1 aromatic rings. The predicted molar refractivity (Wildman–Crippen MR) is 81.3 cm³/mol. The number of piperidine rings is 1. The molecular weight excluding hydrogens is 270 g/mol. The lowest BCUT2D eigenvalue weighted by Crippen LogP contribution is -2.45. The maximum Gasteiger partial charge on any atom is 0.270 e. The van der Waals surface area contributed by atoms with E-state index in [-0.39, 0.29) is 10.6 Å². The SMILES string of the molecule is COc1ccc([N+](=O)[O-])cc1CN1CCC(C)CC1CN. The van der Waals surface area contributed by atoms with E-state index in [0.29, 0.717) is 30.8 Å². The average Bonchev–Trinajstić information content (AvgIpc) is 2.48. The maximum atomic E-state index is 10.9. The van der Waals surface area contributed by atoms with Gasteiger partial charge in [-0.25, -0.2) is 0 Å². The van der Waals surface area contributed by atoms with Gasteiger partial charge in [-0.2, -0.15) is 0 Å². The first-order valence-electron chi connectivity index (χ1n) is 7.30. The van der Waals surface area contributed by atoms with Gasteiger partial charge in [0.15, 0.2) is 0 Å². The van der Waals surface area contributed by atoms with Crippen LogP contribution in [0.5, 0.6) is 5.75 Å². The van der Waals surface area contributed by atoms with Crippen molar-refractivity contribution in [3.63, 3.8) is 0 Å². The lowest BCUT2D eigenvalue weighted by Gasteiger charge is -2.38. The largest absolute Gasteiger partial charge is 0.496 e. The maximum absolute atomic E-state index is 10.9. The Morgan fingerprint density at radius 1 is 1.52 bits per heavy atom. The minimum Gasteiger partial charge on any atom is -0.496 e. The number of likely N-dealkylation sites (tertiary alicyclic amines) is 1. The number of nitrogens with two attached hydrogens (primary N) is 1. The van der Waals surface area contributed by atoms with Crippen molar-refractivity contribution >= 4 is 5.69 Å². The van der Waals surface area contributed by atoms with Crippen LogP contribution in [0, 0.1) is 16.0 Å². The quantitative estimate of drug-likeness (QED) is 0.664. The van der Waals surface area contributed by atoms with Crippen molar-refractivity contribution in [2.45, 2.75) is 32.4 Å². The van der Waals surface area contributed by atoms with Crippen molar-refractivity contribution in [2.24, 2.45) is 11.7 Å². The Bertz CT molecular complexity index is 507. The van der Waals surface area contributed by atoms with Crippen molar-refractivity contribution in [1.82, 2.24) is 4.90 Å². The monoisotopic (exact) mass is 293 g/mol. The second kappa shape index (κ2) is 6.87. The normalized spacial score (nSPS) is 23.0. The molecule has 0 radical (unpaired) electrons. The molecule has 1 aromatic carbocycles. The molecule has 0 aromatic heterocycles. The Morgan fingerprint density at radius 3 is 2.90 bits per heavy atom. The molecule has 2 atom stereocenters. The van der Waals surface area contributed by atoms with Crippen LogP contribution in [0.2, 0.25) is 0 Å². The van der Waals surface area contributed by atoms with Gasteiger partial charge in [-0.1, -0.05) is 6.92 Å². The molecule has 0 aliphatic carbocycles. The van der Waals surface area contributed by atoms with E-state index in [0.717, 1.165) is 24.9 Å². The van der Waals surface area contributed by atoms with Crippen LogP contribution < -0.4 is 10.5 Å². The molecule has 1 saturated heterocycles. The Morgan fingerprint density at radius 2 is 2.29 bits per heavy atom. The molecule has 0 spiro atoms. The van der Waals surface area contributed by atoms with Gasteiger partial charge in [-0.05, 0) is 31.4 Å². The molecule has 2 rings (SSSR count). The van der Waals surface area contributed by atoms with E-state index in [2.05, 4.69) is 11.8 Å². The summed E-state index contributed by atoms with van der Waals surface area (Å²) >= 11 is 0. The molecule has 1 aliphatic rings. The van der Waals surface area contributed by atoms with Crippen molar-refractivity contribution in [3.8, 4) is 5.75 Å². The summed E-state index contributed by atoms with van der Waals surface area (Å²) in [6.07, 6.45) is 2.21. The Labute approximate surface area is 125 Å². The Hall–Kier alpha value is -1.66. The summed E-state index contributed by atoms with van der Waals surface area (Å²) in [5, 5.41) is 10.9. The molecule has 1 fully saturated rings. The average molecular weight is 293 g/mol. The van der Waals surface area contributed by atoms with E-state index in [1.54, 1.807) is 19.2 Å². The minimum absolute atomic E-state index is 0.0977. The topological polar surface area (TPSA) is 81.6 Å². The summed E-state index contributed by atoms with van der Waals surface area (Å²) in [6.45, 7) is 4.46. The third-order valence-electron chi connectivity index (χ3n) is 4.22. The number of hydrogen-bond donors (Lipinski definition) is 1. The summed E-state index contributed by atoms with van der Waals surface area (Å²) in [6, 6.07) is 5.07. The van der Waals surface area contributed by atoms with Crippen molar-refractivity contribution in [2.75, 3.05) is 20.2 Å². The van der Waals surface area contributed by atoms with Gasteiger partial charge in [0.05, 0.1) is 12.0 Å². The highest BCUT2D eigenvalue weighted by atomic mass is 16.6. The molecule has 2 N–H and O–H groups in total. The van der Waals surface area contributed by atoms with Gasteiger partial charge in [0, 0.05) is 36.8 Å². The number of nitro groups is 1. The van der Waals surface area contributed by atoms with Crippen LogP contribution in [-0.4, -0.2) is 36.1 Å². The highest BCUT2D eigenvalue weighted by Crippen LogP contribution is 2.29. The molecule has 0 bridgehead atoms. The summed E-state index contributed by atoms with van der Waals surface area (Å²) in [7, 11) is 1.59. The molecule has 6 nitrogen and oxygen atoms in total. The van der Waals surface area contributed by atoms with Gasteiger partial charge in [-0.3, -0.25) is 15.0 Å². The van der Waals surface area contributed by atoms with E-state index in [9.17, 15) is 10.1 Å². The van der Waals surface area contributed by atoms with Crippen LogP contribution >= 0.6 is 0 Å². The standard InChI is InChI=1S/C15H23N3O3/c1-11-5-6-17(14(7-11)9-16)10-12-8-13(18(19)20)3-4-15(12)21-2/h3-4,8,11,14H,5-7,9-10,16H2,1-2H3. The first kappa shape index (κ1) is 15.7. The van der Waals surface area contributed by atoms with E-state index in [1.807, 2.05) is 0 Å². The number of nitrogens with zero attached hydrogens (tertiary/aromatic N) is 2. The van der Waals surface area contributed by atoms with Gasteiger partial charge in [0.2, 0.25) is 0 Å². The first-order valence-corrected chi connectivity index (χ1v) is 7.30. The van der Waals surface area contributed by atoms with Crippen LogP contribution in [0.1, 0.15) is 25.3 Å². The molecule has 21 heavy (non-hydrogen) atoms. The second-order valence-corrected chi connectivity index (χ2v) is 5.74. The number of methoxy groups -OCH3 is 1. The second-order valence-electron chi connectivity index (χ2n) is 5.74. The van der Waals surface area contributed by atoms with E-state index in [4.69, 9.17) is 10.5 Å². The number of rotatable bonds is 5. The molecule has 6 heteroatoms. The fourth-order valence-electron chi connectivity index (χ4n) is 2.97. The fraction of sp³-hybridized carbons (Fsp3) is 0.600. The Kier molecular flexibility index (Phi) is 5.14. The zero-order valence-electron chi connectivity index (χ0n) is 12.6. The van der Waals surface area contributed by atoms with Crippen molar-refractivity contribution in [3.05, 3.63) is 33.9 Å². The molecule has 1 heterocycles. The predicted octanol–water partition coefficient (Wildman–Crippen LogP) is 2.16. The fourth-order valence-corrected chi connectivity index (χ4v) is 2.97. The molecule has 116 valence electrons. The summed E-state index contributed by atoms with van der Waals surface area (Å²) in [4.78, 5) is 12.9. The highest BCUT2D eigenvalue weighted by Gasteiger charge is 2.26. The lowest BCUT2D eigenvalue weighted by molar-refractivity contribution is -0.385. The number of non-ortho nitro benzene ring substituents is 1. The minimum atomic E-state index is -0.373. The zero-order valence-corrected chi connectivity index (χ0v) is 12.6. The van der Waals surface area contributed by atoms with Gasteiger partial charge in [-0.15, -0.1) is 0 Å². The van der Waals surface area contributed by atoms with Gasteiger partial charge < -0.3 is 10.5 Å². The summed E-state index contributed by atoms with van der Waals surface area (Å²) in [5.41, 5.74) is 6.82. The highest BCUT2D eigenvalue weighted by molar-refractivity contribution is 5.43. The molecule has 0 saturated carbocycles. The summed E-state index contributed by atoms with van der Waals surface area (Å²) in [5.74, 6) is 1.37. The van der Waals surface area contributed by atoms with E-state index in [1.165, 1.54) is 6.07 Å². The number of hydrogen-bond acceptors (Lipinski definition) is 5. The van der Waals surface area contributed by atoms with Gasteiger partial charge >= 0.3 is 0 Å². The Balaban J connectivity index is 2.20. The number of nitro benzene ring substituents is 1. The smallest absolute Gasteiger partial charge is 0.270 e. The van der Waals surface area contributed by atoms with Crippen LogP contribution in [0.15, 0.2) is 18.2 Å². The van der Waals surface area contributed by atoms with Gasteiger partial charge in [0.1, 0.15) is 5.75 Å². The zero-order chi connectivity index (χ0) is 15.4. The molecule has 2 unspecified atom stereocenters. The van der Waals surface area contributed by atoms with Gasteiger partial charge in [0.25, 0.3) is 5.69 Å². The van der Waals surface area contributed by atoms with Crippen molar-refractivity contribution < 1.29 is 9.66 Å². The lowest BCUT2D eigenvalue weighted by atomic mass is 9.92. The molecule has 1 aliphatic heterocycles. The molecule has 0 amide bonds. The van der Waals surface area contributed by atoms with Crippen molar-refractivity contribution in [1.29, 1.82) is 0 Å². The van der Waals surface area contributed by atoms with E-state index < -0.39 is 0 Å². The van der Waals surface area contributed by atoms with E-state index >= 15 is 0 Å². The third-order valence-corrected chi connectivity index (χ3v) is 4.22. The van der Waals surface area contributed by atoms with Crippen LogP contribution in [0.4, 0.5) is 5.69 Å². The van der Waals surface area contributed by atoms with Crippen LogP contribution in [-0.2, 0) is 6.54 Å². The van der Waals surface area contributed by atoms with Crippen LogP contribution in [0.25, 0.3) is 0 Å².